The number of rotatable bonds is 8. The van der Waals surface area contributed by atoms with Crippen molar-refractivity contribution in [3.8, 4) is 28.4 Å². The zero-order chi connectivity index (χ0) is 24.2. The number of benzene rings is 2. The van der Waals surface area contributed by atoms with Crippen molar-refractivity contribution in [3.05, 3.63) is 71.9 Å². The molecule has 4 rings (SSSR count). The lowest BCUT2D eigenvalue weighted by Crippen LogP contribution is -2.20. The molecular weight excluding hydrogens is 434 g/mol. The Kier molecular flexibility index (Phi) is 6.63. The molecule has 0 aliphatic rings. The monoisotopic (exact) mass is 461 g/mol. The van der Waals surface area contributed by atoms with E-state index >= 15 is 0 Å². The Morgan fingerprint density at radius 2 is 1.85 bits per heavy atom. The van der Waals surface area contributed by atoms with Gasteiger partial charge in [-0.2, -0.15) is 0 Å². The Morgan fingerprint density at radius 1 is 1.03 bits per heavy atom. The molecule has 0 aliphatic carbocycles. The molecule has 34 heavy (non-hydrogen) atoms. The second-order valence-electron chi connectivity index (χ2n) is 7.80. The van der Waals surface area contributed by atoms with Gasteiger partial charge in [0.05, 0.1) is 40.4 Å². The standard InChI is InChI=1S/C27H27NO6/c1-16(11-25(29)28-14-19-7-6-10-33-19)20-13-22-23(15-34-27(22)17(2)26(20)32-5)21-12-18(30-3)8-9-24(21)31-4/h6-13,15H,14H2,1-5H3,(H,28,29)/b16-11+. The molecule has 0 saturated carbocycles. The number of methoxy groups -OCH3 is 3. The van der Waals surface area contributed by atoms with Gasteiger partial charge < -0.3 is 28.4 Å². The predicted molar refractivity (Wildman–Crippen MR) is 130 cm³/mol. The summed E-state index contributed by atoms with van der Waals surface area (Å²) in [5.41, 5.74) is 4.79. The highest BCUT2D eigenvalue weighted by Crippen LogP contribution is 2.43. The Hall–Kier alpha value is -4.13. The zero-order valence-corrected chi connectivity index (χ0v) is 19.9. The van der Waals surface area contributed by atoms with E-state index in [0.29, 0.717) is 35.1 Å². The van der Waals surface area contributed by atoms with Crippen LogP contribution >= 0.6 is 0 Å². The molecule has 0 aliphatic heterocycles. The molecule has 0 saturated heterocycles. The van der Waals surface area contributed by atoms with Crippen LogP contribution in [0.4, 0.5) is 0 Å². The predicted octanol–water partition coefficient (Wildman–Crippen LogP) is 5.75. The highest BCUT2D eigenvalue weighted by atomic mass is 16.5. The van der Waals surface area contributed by atoms with Crippen molar-refractivity contribution >= 4 is 22.4 Å². The largest absolute Gasteiger partial charge is 0.497 e. The number of hydrogen-bond donors (Lipinski definition) is 1. The van der Waals surface area contributed by atoms with E-state index in [1.165, 1.54) is 0 Å². The molecule has 7 nitrogen and oxygen atoms in total. The molecule has 1 amide bonds. The third-order valence-electron chi connectivity index (χ3n) is 5.73. The van der Waals surface area contributed by atoms with Crippen molar-refractivity contribution in [3.63, 3.8) is 0 Å². The van der Waals surface area contributed by atoms with Crippen LogP contribution in [0.1, 0.15) is 23.8 Å². The minimum absolute atomic E-state index is 0.226. The number of fused-ring (bicyclic) bond motifs is 1. The minimum atomic E-state index is -0.226. The highest BCUT2D eigenvalue weighted by molar-refractivity contribution is 6.02. The average Bonchev–Trinajstić information content (AvgIpc) is 3.52. The van der Waals surface area contributed by atoms with E-state index in [4.69, 9.17) is 23.0 Å². The van der Waals surface area contributed by atoms with E-state index < -0.39 is 0 Å². The quantitative estimate of drug-likeness (QED) is 0.337. The van der Waals surface area contributed by atoms with Gasteiger partial charge in [-0.3, -0.25) is 4.79 Å². The molecule has 0 unspecified atom stereocenters. The van der Waals surface area contributed by atoms with Crippen LogP contribution in [0.3, 0.4) is 0 Å². The van der Waals surface area contributed by atoms with E-state index in [1.54, 1.807) is 46.0 Å². The van der Waals surface area contributed by atoms with Crippen molar-refractivity contribution in [1.82, 2.24) is 5.32 Å². The van der Waals surface area contributed by atoms with Crippen LogP contribution in [0.2, 0.25) is 0 Å². The van der Waals surface area contributed by atoms with Gasteiger partial charge >= 0.3 is 0 Å². The molecule has 0 fully saturated rings. The molecule has 2 aromatic heterocycles. The minimum Gasteiger partial charge on any atom is -0.497 e. The summed E-state index contributed by atoms with van der Waals surface area (Å²) in [4.78, 5) is 12.5. The average molecular weight is 462 g/mol. The maximum atomic E-state index is 12.5. The molecule has 2 aromatic carbocycles. The summed E-state index contributed by atoms with van der Waals surface area (Å²) in [7, 11) is 4.86. The number of amides is 1. The summed E-state index contributed by atoms with van der Waals surface area (Å²) in [6.07, 6.45) is 4.83. The van der Waals surface area contributed by atoms with Crippen molar-refractivity contribution in [2.24, 2.45) is 0 Å². The van der Waals surface area contributed by atoms with Crippen LogP contribution in [-0.4, -0.2) is 27.2 Å². The number of ether oxygens (including phenoxy) is 3. The lowest BCUT2D eigenvalue weighted by atomic mass is 9.96. The third kappa shape index (κ3) is 4.37. The van der Waals surface area contributed by atoms with E-state index in [9.17, 15) is 4.79 Å². The van der Waals surface area contributed by atoms with Crippen molar-refractivity contribution < 1.29 is 27.8 Å². The summed E-state index contributed by atoms with van der Waals surface area (Å²) in [5.74, 6) is 2.52. The molecule has 2 heterocycles. The fraction of sp³-hybridized carbons (Fsp3) is 0.222. The summed E-state index contributed by atoms with van der Waals surface area (Å²) >= 11 is 0. The Labute approximate surface area is 197 Å². The van der Waals surface area contributed by atoms with Gasteiger partial charge in [-0.15, -0.1) is 0 Å². The summed E-state index contributed by atoms with van der Waals surface area (Å²) in [6.45, 7) is 4.12. The molecule has 176 valence electrons. The maximum absolute atomic E-state index is 12.5. The van der Waals surface area contributed by atoms with Crippen molar-refractivity contribution in [1.29, 1.82) is 0 Å². The van der Waals surface area contributed by atoms with Crippen molar-refractivity contribution in [2.45, 2.75) is 20.4 Å². The van der Waals surface area contributed by atoms with Crippen LogP contribution in [-0.2, 0) is 11.3 Å². The Balaban J connectivity index is 1.78. The Bertz CT molecular complexity index is 1350. The number of hydrogen-bond acceptors (Lipinski definition) is 6. The summed E-state index contributed by atoms with van der Waals surface area (Å²) < 4.78 is 27.9. The SMILES string of the molecule is COc1ccc(OC)c(-c2coc3c(C)c(OC)c(/C(C)=C/C(=O)NCc4ccco4)cc23)c1. The maximum Gasteiger partial charge on any atom is 0.244 e. The van der Waals surface area contributed by atoms with E-state index in [1.807, 2.05) is 44.2 Å². The zero-order valence-electron chi connectivity index (χ0n) is 19.9. The van der Waals surface area contributed by atoms with Gasteiger partial charge in [-0.25, -0.2) is 0 Å². The molecule has 0 bridgehead atoms. The van der Waals surface area contributed by atoms with Crippen LogP contribution < -0.4 is 19.5 Å². The number of carbonyl (C=O) groups is 1. The van der Waals surface area contributed by atoms with Crippen LogP contribution in [0.15, 0.2) is 63.8 Å². The van der Waals surface area contributed by atoms with Crippen LogP contribution in [0, 0.1) is 6.92 Å². The highest BCUT2D eigenvalue weighted by Gasteiger charge is 2.20. The molecule has 1 N–H and O–H groups in total. The Morgan fingerprint density at radius 3 is 2.53 bits per heavy atom. The second kappa shape index (κ2) is 9.79. The molecule has 7 heteroatoms. The summed E-state index contributed by atoms with van der Waals surface area (Å²) in [6, 6.07) is 11.2. The molecule has 0 atom stereocenters. The molecule has 0 radical (unpaired) electrons. The third-order valence-corrected chi connectivity index (χ3v) is 5.73. The topological polar surface area (TPSA) is 83.1 Å². The number of aryl methyl sites for hydroxylation is 1. The first kappa shape index (κ1) is 23.0. The van der Waals surface area contributed by atoms with Gasteiger partial charge in [-0.1, -0.05) is 0 Å². The second-order valence-corrected chi connectivity index (χ2v) is 7.80. The first-order valence-corrected chi connectivity index (χ1v) is 10.8. The number of furan rings is 2. The van der Waals surface area contributed by atoms with Gasteiger partial charge in [0.15, 0.2) is 0 Å². The molecular formula is C27H27NO6. The lowest BCUT2D eigenvalue weighted by molar-refractivity contribution is -0.116. The number of carbonyl (C=O) groups excluding carboxylic acids is 1. The van der Waals surface area contributed by atoms with Gasteiger partial charge in [-0.05, 0) is 55.8 Å². The van der Waals surface area contributed by atoms with E-state index in [-0.39, 0.29) is 5.91 Å². The van der Waals surface area contributed by atoms with Crippen LogP contribution in [0.25, 0.3) is 27.7 Å². The first-order valence-electron chi connectivity index (χ1n) is 10.8. The lowest BCUT2D eigenvalue weighted by Gasteiger charge is -2.14. The first-order chi connectivity index (χ1) is 16.5. The fourth-order valence-electron chi connectivity index (χ4n) is 4.02. The van der Waals surface area contributed by atoms with E-state index in [2.05, 4.69) is 5.32 Å². The van der Waals surface area contributed by atoms with Crippen molar-refractivity contribution in [2.75, 3.05) is 21.3 Å². The molecule has 4 aromatic rings. The van der Waals surface area contributed by atoms with E-state index in [0.717, 1.165) is 33.2 Å². The smallest absolute Gasteiger partial charge is 0.244 e. The number of nitrogens with one attached hydrogen (secondary N) is 1. The summed E-state index contributed by atoms with van der Waals surface area (Å²) in [5, 5.41) is 3.71. The van der Waals surface area contributed by atoms with Gasteiger partial charge in [0.2, 0.25) is 5.91 Å². The van der Waals surface area contributed by atoms with Crippen LogP contribution in [0.5, 0.6) is 17.2 Å². The van der Waals surface area contributed by atoms with Gasteiger partial charge in [0.1, 0.15) is 28.6 Å². The fourth-order valence-corrected chi connectivity index (χ4v) is 4.02. The normalized spacial score (nSPS) is 11.5. The number of allylic oxidation sites excluding steroid dienone is 1. The molecule has 0 spiro atoms. The van der Waals surface area contributed by atoms with Gasteiger partial charge in [0.25, 0.3) is 0 Å². The van der Waals surface area contributed by atoms with Gasteiger partial charge in [0, 0.05) is 33.7 Å².